The average Bonchev–Trinajstić information content (AvgIpc) is 2.92. The van der Waals surface area contributed by atoms with E-state index in [9.17, 15) is 5.11 Å². The van der Waals surface area contributed by atoms with E-state index >= 15 is 0 Å². The lowest BCUT2D eigenvalue weighted by atomic mass is 10.00. The number of aliphatic hydroxyl groups excluding tert-OH is 1. The molecule has 1 aliphatic carbocycles. The van der Waals surface area contributed by atoms with Crippen molar-refractivity contribution in [2.45, 2.75) is 18.9 Å². The Balaban J connectivity index is 1.80. The van der Waals surface area contributed by atoms with Gasteiger partial charge in [-0.1, -0.05) is 0 Å². The number of anilines is 1. The molecule has 0 radical (unpaired) electrons. The number of fused-ring (bicyclic) bond motifs is 1. The van der Waals surface area contributed by atoms with Gasteiger partial charge < -0.3 is 15.7 Å². The number of aromatic nitrogens is 1. The van der Waals surface area contributed by atoms with Gasteiger partial charge in [0.15, 0.2) is 0 Å². The molecular weight excluding hydrogens is 228 g/mol. The molecule has 96 valence electrons. The van der Waals surface area contributed by atoms with Gasteiger partial charge in [0.25, 0.3) is 0 Å². The predicted molar refractivity (Wildman–Crippen MR) is 69.7 cm³/mol. The van der Waals surface area contributed by atoms with E-state index in [0.717, 1.165) is 31.6 Å². The Morgan fingerprint density at radius 2 is 2.28 bits per heavy atom. The number of hydrogen-bond acceptors (Lipinski definition) is 4. The Bertz CT molecular complexity index is 476. The number of rotatable bonds is 2. The smallest absolute Gasteiger partial charge is 0.141 e. The van der Waals surface area contributed by atoms with Gasteiger partial charge in [-0.15, -0.1) is 0 Å². The van der Waals surface area contributed by atoms with E-state index < -0.39 is 0 Å². The van der Waals surface area contributed by atoms with Gasteiger partial charge in [-0.2, -0.15) is 0 Å². The van der Waals surface area contributed by atoms with Crippen LogP contribution in [0.3, 0.4) is 0 Å². The van der Waals surface area contributed by atoms with Gasteiger partial charge in [0, 0.05) is 30.9 Å². The molecule has 0 aromatic carbocycles. The number of pyridine rings is 1. The van der Waals surface area contributed by atoms with Crippen LogP contribution in [0.2, 0.25) is 0 Å². The summed E-state index contributed by atoms with van der Waals surface area (Å²) < 4.78 is 0. The van der Waals surface area contributed by atoms with E-state index in [1.807, 2.05) is 12.1 Å². The van der Waals surface area contributed by atoms with E-state index in [1.54, 1.807) is 6.20 Å². The first-order chi connectivity index (χ1) is 8.65. The molecule has 1 aromatic rings. The largest absolute Gasteiger partial charge is 0.393 e. The molecule has 2 aliphatic rings. The fourth-order valence-corrected chi connectivity index (χ4v) is 3.21. The Morgan fingerprint density at radius 1 is 1.44 bits per heavy atom. The van der Waals surface area contributed by atoms with E-state index in [2.05, 4.69) is 9.88 Å². The van der Waals surface area contributed by atoms with Crippen LogP contribution in [0, 0.1) is 17.2 Å². The van der Waals surface area contributed by atoms with Crippen molar-refractivity contribution in [1.82, 2.24) is 4.98 Å². The molecule has 18 heavy (non-hydrogen) atoms. The molecule has 0 amide bonds. The van der Waals surface area contributed by atoms with Gasteiger partial charge >= 0.3 is 0 Å². The minimum atomic E-state index is -0.144. The minimum Gasteiger partial charge on any atom is -0.393 e. The fraction of sp³-hybridized carbons (Fsp3) is 0.538. The number of hydrogen-bond donors (Lipinski definition) is 3. The monoisotopic (exact) mass is 246 g/mol. The maximum Gasteiger partial charge on any atom is 0.141 e. The van der Waals surface area contributed by atoms with E-state index in [1.165, 1.54) is 0 Å². The molecule has 1 saturated carbocycles. The number of aliphatic hydroxyl groups is 1. The molecule has 3 rings (SSSR count). The summed E-state index contributed by atoms with van der Waals surface area (Å²) in [6, 6.07) is 3.80. The Kier molecular flexibility index (Phi) is 2.70. The Morgan fingerprint density at radius 3 is 3.00 bits per heavy atom. The third-order valence-electron chi connectivity index (χ3n) is 4.20. The highest BCUT2D eigenvalue weighted by molar-refractivity contribution is 5.93. The van der Waals surface area contributed by atoms with Crippen molar-refractivity contribution in [2.24, 2.45) is 17.6 Å². The van der Waals surface area contributed by atoms with Gasteiger partial charge in [0.2, 0.25) is 0 Å². The lowest BCUT2D eigenvalue weighted by molar-refractivity contribution is 0.133. The van der Waals surface area contributed by atoms with Crippen LogP contribution in [-0.2, 0) is 0 Å². The number of nitrogens with zero attached hydrogens (tertiary/aromatic N) is 2. The quantitative estimate of drug-likeness (QED) is 0.526. The SMILES string of the molecule is N=C(N)c1cc(N2CC3CCC(O)C3C2)ccn1. The molecule has 2 heterocycles. The van der Waals surface area contributed by atoms with Gasteiger partial charge in [-0.3, -0.25) is 10.4 Å². The van der Waals surface area contributed by atoms with Crippen molar-refractivity contribution in [3.63, 3.8) is 0 Å². The number of amidine groups is 1. The molecule has 3 unspecified atom stereocenters. The first kappa shape index (κ1) is 11.5. The second-order valence-corrected chi connectivity index (χ2v) is 5.29. The summed E-state index contributed by atoms with van der Waals surface area (Å²) in [4.78, 5) is 6.34. The van der Waals surface area contributed by atoms with Gasteiger partial charge in [-0.05, 0) is 30.9 Å². The summed E-state index contributed by atoms with van der Waals surface area (Å²) in [5.41, 5.74) is 7.03. The molecule has 2 fully saturated rings. The van der Waals surface area contributed by atoms with Crippen LogP contribution < -0.4 is 10.6 Å². The van der Waals surface area contributed by atoms with Crippen LogP contribution in [0.5, 0.6) is 0 Å². The molecule has 1 saturated heterocycles. The Labute approximate surface area is 106 Å². The average molecular weight is 246 g/mol. The molecule has 0 spiro atoms. The summed E-state index contributed by atoms with van der Waals surface area (Å²) in [5.74, 6) is 1.00. The summed E-state index contributed by atoms with van der Waals surface area (Å²) in [6.07, 6.45) is 3.61. The Hall–Kier alpha value is -1.62. The van der Waals surface area contributed by atoms with E-state index in [4.69, 9.17) is 11.1 Å². The molecule has 5 nitrogen and oxygen atoms in total. The second kappa shape index (κ2) is 4.24. The van der Waals surface area contributed by atoms with Crippen molar-refractivity contribution in [3.05, 3.63) is 24.0 Å². The zero-order chi connectivity index (χ0) is 12.7. The second-order valence-electron chi connectivity index (χ2n) is 5.29. The predicted octanol–water partition coefficient (Wildman–Crippen LogP) is 0.573. The summed E-state index contributed by atoms with van der Waals surface area (Å²) in [6.45, 7) is 1.89. The first-order valence-corrected chi connectivity index (χ1v) is 6.38. The highest BCUT2D eigenvalue weighted by atomic mass is 16.3. The molecular formula is C13H18N4O. The maximum atomic E-state index is 9.91. The molecule has 0 bridgehead atoms. The van der Waals surface area contributed by atoms with Crippen LogP contribution in [0.4, 0.5) is 5.69 Å². The number of nitrogen functional groups attached to an aromatic ring is 1. The molecule has 5 heteroatoms. The number of nitrogens with two attached hydrogens (primary N) is 1. The van der Waals surface area contributed by atoms with Gasteiger partial charge in [0.05, 0.1) is 6.10 Å². The van der Waals surface area contributed by atoms with Crippen molar-refractivity contribution in [1.29, 1.82) is 5.41 Å². The third-order valence-corrected chi connectivity index (χ3v) is 4.20. The molecule has 4 N–H and O–H groups in total. The first-order valence-electron chi connectivity index (χ1n) is 6.38. The van der Waals surface area contributed by atoms with Crippen molar-refractivity contribution < 1.29 is 5.11 Å². The van der Waals surface area contributed by atoms with E-state index in [0.29, 0.717) is 17.5 Å². The summed E-state index contributed by atoms with van der Waals surface area (Å²) in [7, 11) is 0. The lowest BCUT2D eigenvalue weighted by Crippen LogP contribution is -2.25. The van der Waals surface area contributed by atoms with E-state index in [-0.39, 0.29) is 11.9 Å². The normalized spacial score (nSPS) is 30.5. The highest BCUT2D eigenvalue weighted by Gasteiger charge is 2.41. The molecule has 1 aromatic heterocycles. The fourth-order valence-electron chi connectivity index (χ4n) is 3.21. The zero-order valence-electron chi connectivity index (χ0n) is 10.2. The lowest BCUT2D eigenvalue weighted by Gasteiger charge is -2.20. The standard InChI is InChI=1S/C13H18N4O/c14-13(15)11-5-9(3-4-16-11)17-6-8-1-2-12(18)10(8)7-17/h3-5,8,10,12,18H,1-2,6-7H2,(H3,14,15). The van der Waals surface area contributed by atoms with Gasteiger partial charge in [-0.25, -0.2) is 0 Å². The van der Waals surface area contributed by atoms with Crippen molar-refractivity contribution >= 4 is 11.5 Å². The maximum absolute atomic E-state index is 9.91. The zero-order valence-corrected chi connectivity index (χ0v) is 10.2. The minimum absolute atomic E-state index is 0.00345. The molecule has 3 atom stereocenters. The van der Waals surface area contributed by atoms with Crippen LogP contribution in [0.25, 0.3) is 0 Å². The molecule has 1 aliphatic heterocycles. The van der Waals surface area contributed by atoms with Crippen molar-refractivity contribution in [2.75, 3.05) is 18.0 Å². The van der Waals surface area contributed by atoms with Crippen LogP contribution in [0.15, 0.2) is 18.3 Å². The summed E-state index contributed by atoms with van der Waals surface area (Å²) in [5, 5.41) is 17.3. The van der Waals surface area contributed by atoms with Gasteiger partial charge in [0.1, 0.15) is 11.5 Å². The highest BCUT2D eigenvalue weighted by Crippen LogP contribution is 2.39. The van der Waals surface area contributed by atoms with Crippen LogP contribution in [-0.4, -0.2) is 35.1 Å². The summed E-state index contributed by atoms with van der Waals surface area (Å²) >= 11 is 0. The van der Waals surface area contributed by atoms with Crippen LogP contribution in [0.1, 0.15) is 18.5 Å². The third kappa shape index (κ3) is 1.84. The number of nitrogens with one attached hydrogen (secondary N) is 1. The van der Waals surface area contributed by atoms with Crippen LogP contribution >= 0.6 is 0 Å². The van der Waals surface area contributed by atoms with Crippen molar-refractivity contribution in [3.8, 4) is 0 Å². The topological polar surface area (TPSA) is 86.2 Å².